The second-order valence-corrected chi connectivity index (χ2v) is 8.54. The number of alkyl halides is 6. The SMILES string of the molecule is CC(CCC1C(C)[C@H]1C)CC(N)CCC(C)(OCC(F)(F)F)OCC(F)(F)F. The van der Waals surface area contributed by atoms with Gasteiger partial charge in [0, 0.05) is 12.5 Å². The van der Waals surface area contributed by atoms with E-state index in [1.165, 1.54) is 0 Å². The smallest absolute Gasteiger partial charge is 0.341 e. The van der Waals surface area contributed by atoms with Crippen LogP contribution in [0.5, 0.6) is 0 Å². The predicted octanol–water partition coefficient (Wildman–Crippen LogP) is 5.68. The van der Waals surface area contributed by atoms with Gasteiger partial charge in [-0.2, -0.15) is 26.3 Å². The molecule has 0 aliphatic heterocycles. The van der Waals surface area contributed by atoms with Gasteiger partial charge in [0.1, 0.15) is 13.2 Å². The van der Waals surface area contributed by atoms with Gasteiger partial charge in [-0.05, 0) is 49.9 Å². The molecular weight excluding hydrogens is 388 g/mol. The zero-order chi connectivity index (χ0) is 21.8. The first-order valence-corrected chi connectivity index (χ1v) is 9.79. The zero-order valence-corrected chi connectivity index (χ0v) is 17.0. The van der Waals surface area contributed by atoms with Gasteiger partial charge in [-0.3, -0.25) is 0 Å². The molecular formula is C19H33F6NO2. The number of hydrogen-bond acceptors (Lipinski definition) is 3. The molecule has 28 heavy (non-hydrogen) atoms. The summed E-state index contributed by atoms with van der Waals surface area (Å²) in [7, 11) is 0. The first-order valence-electron chi connectivity index (χ1n) is 9.79. The first-order chi connectivity index (χ1) is 12.6. The summed E-state index contributed by atoms with van der Waals surface area (Å²) in [5, 5.41) is 0. The monoisotopic (exact) mass is 421 g/mol. The molecule has 0 aromatic rings. The minimum Gasteiger partial charge on any atom is -0.341 e. The molecule has 4 unspecified atom stereocenters. The Morgan fingerprint density at radius 3 is 1.75 bits per heavy atom. The fourth-order valence-corrected chi connectivity index (χ4v) is 3.62. The summed E-state index contributed by atoms with van der Waals surface area (Å²) in [6.45, 7) is 4.27. The Morgan fingerprint density at radius 2 is 1.36 bits per heavy atom. The van der Waals surface area contributed by atoms with Crippen LogP contribution in [-0.2, 0) is 9.47 Å². The molecule has 0 aromatic heterocycles. The second kappa shape index (κ2) is 9.98. The van der Waals surface area contributed by atoms with Gasteiger partial charge < -0.3 is 15.2 Å². The Morgan fingerprint density at radius 1 is 0.893 bits per heavy atom. The van der Waals surface area contributed by atoms with E-state index in [0.29, 0.717) is 12.3 Å². The fraction of sp³-hybridized carbons (Fsp3) is 1.00. The maximum absolute atomic E-state index is 12.4. The molecule has 1 rings (SSSR count). The number of nitrogens with two attached hydrogens (primary N) is 1. The highest BCUT2D eigenvalue weighted by molar-refractivity contribution is 4.90. The van der Waals surface area contributed by atoms with Gasteiger partial charge in [-0.1, -0.05) is 27.2 Å². The molecule has 1 saturated carbocycles. The van der Waals surface area contributed by atoms with Gasteiger partial charge in [0.2, 0.25) is 0 Å². The molecule has 9 heteroatoms. The lowest BCUT2D eigenvalue weighted by molar-refractivity contribution is -0.306. The number of halogens is 6. The Hall–Kier alpha value is -0.540. The zero-order valence-electron chi connectivity index (χ0n) is 17.0. The van der Waals surface area contributed by atoms with Crippen molar-refractivity contribution < 1.29 is 35.8 Å². The predicted molar refractivity (Wildman–Crippen MR) is 94.5 cm³/mol. The van der Waals surface area contributed by atoms with E-state index < -0.39 is 31.4 Å². The highest BCUT2D eigenvalue weighted by Gasteiger charge is 2.42. The molecule has 1 aliphatic rings. The lowest BCUT2D eigenvalue weighted by atomic mass is 9.92. The minimum absolute atomic E-state index is 0.149. The first kappa shape index (κ1) is 25.5. The van der Waals surface area contributed by atoms with E-state index in [1.54, 1.807) is 0 Å². The molecule has 2 N–H and O–H groups in total. The maximum Gasteiger partial charge on any atom is 0.411 e. The molecule has 1 aliphatic carbocycles. The highest BCUT2D eigenvalue weighted by atomic mass is 19.4. The lowest BCUT2D eigenvalue weighted by Crippen LogP contribution is -2.40. The van der Waals surface area contributed by atoms with Gasteiger partial charge in [0.05, 0.1) is 0 Å². The standard InChI is InChI=1S/C19H33F6NO2/c1-12(5-6-16-13(2)14(16)3)9-15(26)7-8-17(4,27-10-18(20,21)22)28-11-19(23,24)25/h12-16H,5-11,26H2,1-4H3/t12?,13-,14?,15?,16?/m1/s1. The quantitative estimate of drug-likeness (QED) is 0.326. The number of hydrogen-bond donors (Lipinski definition) is 1. The van der Waals surface area contributed by atoms with Crippen molar-refractivity contribution >= 4 is 0 Å². The van der Waals surface area contributed by atoms with E-state index in [0.717, 1.165) is 37.5 Å². The Kier molecular flexibility index (Phi) is 9.09. The second-order valence-electron chi connectivity index (χ2n) is 8.54. The van der Waals surface area contributed by atoms with E-state index in [9.17, 15) is 26.3 Å². The normalized spacial score (nSPS) is 25.6. The van der Waals surface area contributed by atoms with Crippen LogP contribution in [-0.4, -0.2) is 37.4 Å². The molecule has 0 spiro atoms. The molecule has 0 bridgehead atoms. The molecule has 1 fully saturated rings. The van der Waals surface area contributed by atoms with Crippen LogP contribution in [0.25, 0.3) is 0 Å². The van der Waals surface area contributed by atoms with E-state index in [1.807, 2.05) is 0 Å². The van der Waals surface area contributed by atoms with Crippen LogP contribution >= 0.6 is 0 Å². The van der Waals surface area contributed by atoms with Crippen LogP contribution in [0.4, 0.5) is 26.3 Å². The average Bonchev–Trinajstić information content (AvgIpc) is 3.12. The Bertz CT molecular complexity index is 442. The molecule has 0 aromatic carbocycles. The minimum atomic E-state index is -4.66. The van der Waals surface area contributed by atoms with Crippen molar-refractivity contribution in [2.24, 2.45) is 29.4 Å². The van der Waals surface area contributed by atoms with Crippen LogP contribution in [0.3, 0.4) is 0 Å². The maximum atomic E-state index is 12.4. The lowest BCUT2D eigenvalue weighted by Gasteiger charge is -2.32. The van der Waals surface area contributed by atoms with Crippen molar-refractivity contribution in [1.82, 2.24) is 0 Å². The van der Waals surface area contributed by atoms with E-state index in [-0.39, 0.29) is 18.9 Å². The molecule has 0 saturated heterocycles. The molecule has 0 amide bonds. The Labute approximate surface area is 163 Å². The van der Waals surface area contributed by atoms with Crippen LogP contribution in [0, 0.1) is 23.7 Å². The van der Waals surface area contributed by atoms with Crippen LogP contribution < -0.4 is 5.73 Å². The van der Waals surface area contributed by atoms with Crippen molar-refractivity contribution in [3.63, 3.8) is 0 Å². The summed E-state index contributed by atoms with van der Waals surface area (Å²) < 4.78 is 83.8. The third-order valence-electron chi connectivity index (χ3n) is 5.79. The molecule has 168 valence electrons. The highest BCUT2D eigenvalue weighted by Crippen LogP contribution is 2.48. The summed E-state index contributed by atoms with van der Waals surface area (Å²) in [6, 6.07) is -0.340. The van der Waals surface area contributed by atoms with Crippen molar-refractivity contribution in [3.8, 4) is 0 Å². The average molecular weight is 421 g/mol. The van der Waals surface area contributed by atoms with Gasteiger partial charge >= 0.3 is 12.4 Å². The summed E-state index contributed by atoms with van der Waals surface area (Å²) >= 11 is 0. The van der Waals surface area contributed by atoms with Crippen LogP contribution in [0.1, 0.15) is 59.8 Å². The Balaban J connectivity index is 2.45. The van der Waals surface area contributed by atoms with E-state index >= 15 is 0 Å². The molecule has 5 atom stereocenters. The van der Waals surface area contributed by atoms with E-state index in [4.69, 9.17) is 5.73 Å². The van der Waals surface area contributed by atoms with Crippen molar-refractivity contribution in [3.05, 3.63) is 0 Å². The largest absolute Gasteiger partial charge is 0.411 e. The van der Waals surface area contributed by atoms with Gasteiger partial charge in [-0.25, -0.2) is 0 Å². The van der Waals surface area contributed by atoms with Gasteiger partial charge in [0.15, 0.2) is 5.79 Å². The number of rotatable bonds is 12. The van der Waals surface area contributed by atoms with Gasteiger partial charge in [-0.15, -0.1) is 0 Å². The van der Waals surface area contributed by atoms with Crippen molar-refractivity contribution in [2.75, 3.05) is 13.2 Å². The van der Waals surface area contributed by atoms with Crippen molar-refractivity contribution in [2.45, 2.75) is 84.0 Å². The van der Waals surface area contributed by atoms with E-state index in [2.05, 4.69) is 30.2 Å². The summed E-state index contributed by atoms with van der Waals surface area (Å²) in [5.41, 5.74) is 6.07. The molecule has 0 radical (unpaired) electrons. The third kappa shape index (κ3) is 10.3. The van der Waals surface area contributed by atoms with Gasteiger partial charge in [0.25, 0.3) is 0 Å². The number of ether oxygens (including phenoxy) is 2. The topological polar surface area (TPSA) is 44.5 Å². The summed E-state index contributed by atoms with van der Waals surface area (Å²) in [4.78, 5) is 0. The van der Waals surface area contributed by atoms with Crippen LogP contribution in [0.15, 0.2) is 0 Å². The van der Waals surface area contributed by atoms with Crippen LogP contribution in [0.2, 0.25) is 0 Å². The molecule has 0 heterocycles. The fourth-order valence-electron chi connectivity index (χ4n) is 3.62. The van der Waals surface area contributed by atoms with Crippen molar-refractivity contribution in [1.29, 1.82) is 0 Å². The summed E-state index contributed by atoms with van der Waals surface area (Å²) in [5.74, 6) is 0.586. The summed E-state index contributed by atoms with van der Waals surface area (Å²) in [6.07, 6.45) is -6.45. The third-order valence-corrected chi connectivity index (χ3v) is 5.79. The molecule has 3 nitrogen and oxygen atoms in total.